The molecular formula is C9H10N4OS. The molecule has 0 aromatic carbocycles. The van der Waals surface area contributed by atoms with E-state index in [2.05, 4.69) is 15.2 Å². The molecule has 2 rings (SSSR count). The second kappa shape index (κ2) is 4.90. The zero-order valence-electron chi connectivity index (χ0n) is 7.96. The van der Waals surface area contributed by atoms with Gasteiger partial charge in [0.1, 0.15) is 5.69 Å². The molecule has 6 heteroatoms. The molecule has 15 heavy (non-hydrogen) atoms. The van der Waals surface area contributed by atoms with Gasteiger partial charge in [-0.2, -0.15) is 0 Å². The maximum Gasteiger partial charge on any atom is 0.276 e. The minimum Gasteiger partial charge on any atom is -0.410 e. The second-order valence-electron chi connectivity index (χ2n) is 2.73. The van der Waals surface area contributed by atoms with Crippen LogP contribution in [-0.2, 0) is 0 Å². The average molecular weight is 222 g/mol. The number of aromatic nitrogens is 3. The Labute approximate surface area is 91.1 Å². The Morgan fingerprint density at radius 3 is 3.00 bits per heavy atom. The molecule has 0 aliphatic carbocycles. The van der Waals surface area contributed by atoms with Crippen molar-refractivity contribution in [2.75, 3.05) is 12.3 Å². The lowest BCUT2D eigenvalue weighted by Gasteiger charge is -1.91. The molecule has 0 bridgehead atoms. The van der Waals surface area contributed by atoms with Crippen molar-refractivity contribution in [1.82, 2.24) is 15.2 Å². The van der Waals surface area contributed by atoms with Gasteiger partial charge in [-0.15, -0.1) is 10.2 Å². The van der Waals surface area contributed by atoms with Crippen LogP contribution in [0.2, 0.25) is 0 Å². The van der Waals surface area contributed by atoms with Crippen LogP contribution in [0.25, 0.3) is 11.6 Å². The molecule has 2 aromatic heterocycles. The van der Waals surface area contributed by atoms with Crippen molar-refractivity contribution >= 4 is 11.8 Å². The predicted octanol–water partition coefficient (Wildman–Crippen LogP) is 1.18. The Balaban J connectivity index is 2.14. The Morgan fingerprint density at radius 2 is 2.27 bits per heavy atom. The fraction of sp³-hybridized carbons (Fsp3) is 0.222. The van der Waals surface area contributed by atoms with E-state index in [0.717, 1.165) is 5.75 Å². The van der Waals surface area contributed by atoms with Crippen LogP contribution in [0.3, 0.4) is 0 Å². The third kappa shape index (κ3) is 2.54. The Hall–Kier alpha value is -1.40. The van der Waals surface area contributed by atoms with Gasteiger partial charge in [0.25, 0.3) is 11.1 Å². The largest absolute Gasteiger partial charge is 0.410 e. The number of hydrogen-bond donors (Lipinski definition) is 1. The predicted molar refractivity (Wildman–Crippen MR) is 57.3 cm³/mol. The summed E-state index contributed by atoms with van der Waals surface area (Å²) >= 11 is 1.44. The van der Waals surface area contributed by atoms with E-state index in [4.69, 9.17) is 10.2 Å². The van der Waals surface area contributed by atoms with Gasteiger partial charge in [-0.25, -0.2) is 0 Å². The highest BCUT2D eigenvalue weighted by Crippen LogP contribution is 2.20. The van der Waals surface area contributed by atoms with Gasteiger partial charge in [-0.1, -0.05) is 17.8 Å². The molecular weight excluding hydrogens is 212 g/mol. The average Bonchev–Trinajstić information content (AvgIpc) is 2.76. The third-order valence-corrected chi connectivity index (χ3v) is 2.49. The summed E-state index contributed by atoms with van der Waals surface area (Å²) in [6.45, 7) is 0.589. The number of nitrogens with two attached hydrogens (primary N) is 1. The highest BCUT2D eigenvalue weighted by atomic mass is 32.2. The zero-order valence-corrected chi connectivity index (χ0v) is 8.78. The van der Waals surface area contributed by atoms with Gasteiger partial charge >= 0.3 is 0 Å². The monoisotopic (exact) mass is 222 g/mol. The first-order chi connectivity index (χ1) is 7.40. The highest BCUT2D eigenvalue weighted by Gasteiger charge is 2.08. The van der Waals surface area contributed by atoms with Crippen LogP contribution in [0.5, 0.6) is 0 Å². The van der Waals surface area contributed by atoms with Gasteiger partial charge in [-0.3, -0.25) is 4.98 Å². The van der Waals surface area contributed by atoms with E-state index >= 15 is 0 Å². The maximum absolute atomic E-state index is 5.39. The summed E-state index contributed by atoms with van der Waals surface area (Å²) in [5, 5.41) is 8.31. The molecule has 0 fully saturated rings. The zero-order chi connectivity index (χ0) is 10.5. The highest BCUT2D eigenvalue weighted by molar-refractivity contribution is 7.99. The molecule has 78 valence electrons. The van der Waals surface area contributed by atoms with Crippen molar-refractivity contribution in [3.8, 4) is 11.6 Å². The molecule has 0 unspecified atom stereocenters. The lowest BCUT2D eigenvalue weighted by Crippen LogP contribution is -2.00. The Kier molecular flexibility index (Phi) is 3.31. The van der Waals surface area contributed by atoms with Gasteiger partial charge in [0.2, 0.25) is 0 Å². The molecule has 5 nitrogen and oxygen atoms in total. The molecule has 0 spiro atoms. The van der Waals surface area contributed by atoms with Crippen LogP contribution in [0.15, 0.2) is 34.0 Å². The van der Waals surface area contributed by atoms with Crippen LogP contribution < -0.4 is 5.73 Å². The first-order valence-electron chi connectivity index (χ1n) is 4.48. The van der Waals surface area contributed by atoms with E-state index in [9.17, 15) is 0 Å². The summed E-state index contributed by atoms with van der Waals surface area (Å²) in [6, 6.07) is 5.54. The summed E-state index contributed by atoms with van der Waals surface area (Å²) in [5.74, 6) is 1.21. The lowest BCUT2D eigenvalue weighted by atomic mass is 10.3. The van der Waals surface area contributed by atoms with Crippen LogP contribution in [0.4, 0.5) is 0 Å². The van der Waals surface area contributed by atoms with E-state index < -0.39 is 0 Å². The fourth-order valence-electron chi connectivity index (χ4n) is 1.01. The van der Waals surface area contributed by atoms with Crippen molar-refractivity contribution in [2.24, 2.45) is 5.73 Å². The van der Waals surface area contributed by atoms with E-state index in [0.29, 0.717) is 23.4 Å². The summed E-state index contributed by atoms with van der Waals surface area (Å²) in [6.07, 6.45) is 1.69. The fourth-order valence-corrected chi connectivity index (χ4v) is 1.54. The van der Waals surface area contributed by atoms with Crippen molar-refractivity contribution in [2.45, 2.75) is 5.22 Å². The van der Waals surface area contributed by atoms with Gasteiger partial charge < -0.3 is 10.2 Å². The molecule has 2 aromatic rings. The number of hydrogen-bond acceptors (Lipinski definition) is 6. The molecule has 0 atom stereocenters. The maximum atomic E-state index is 5.39. The SMILES string of the molecule is NCCSc1nnc(-c2ccccn2)o1. The summed E-state index contributed by atoms with van der Waals surface area (Å²) in [7, 11) is 0. The standard InChI is InChI=1S/C9H10N4OS/c10-4-6-15-9-13-12-8(14-9)7-3-1-2-5-11-7/h1-3,5H,4,6,10H2. The minimum absolute atomic E-state index is 0.440. The molecule has 2 N–H and O–H groups in total. The van der Waals surface area contributed by atoms with Gasteiger partial charge in [-0.05, 0) is 12.1 Å². The molecule has 0 amide bonds. The van der Waals surface area contributed by atoms with E-state index in [-0.39, 0.29) is 0 Å². The van der Waals surface area contributed by atoms with E-state index in [1.54, 1.807) is 6.20 Å². The first-order valence-corrected chi connectivity index (χ1v) is 5.46. The van der Waals surface area contributed by atoms with E-state index in [1.807, 2.05) is 18.2 Å². The quantitative estimate of drug-likeness (QED) is 0.783. The topological polar surface area (TPSA) is 77.8 Å². The molecule has 0 radical (unpaired) electrons. The minimum atomic E-state index is 0.440. The van der Waals surface area contributed by atoms with Crippen molar-refractivity contribution in [1.29, 1.82) is 0 Å². The molecule has 0 aliphatic rings. The van der Waals surface area contributed by atoms with Crippen molar-refractivity contribution < 1.29 is 4.42 Å². The molecule has 0 aliphatic heterocycles. The molecule has 2 heterocycles. The normalized spacial score (nSPS) is 10.5. The second-order valence-corrected chi connectivity index (χ2v) is 3.77. The van der Waals surface area contributed by atoms with Gasteiger partial charge in [0.15, 0.2) is 0 Å². The Bertz CT molecular complexity index is 417. The molecule has 0 saturated heterocycles. The van der Waals surface area contributed by atoms with Crippen LogP contribution in [-0.4, -0.2) is 27.5 Å². The number of thioether (sulfide) groups is 1. The van der Waals surface area contributed by atoms with Gasteiger partial charge in [0, 0.05) is 18.5 Å². The lowest BCUT2D eigenvalue weighted by molar-refractivity contribution is 0.464. The summed E-state index contributed by atoms with van der Waals surface area (Å²) in [4.78, 5) is 4.11. The van der Waals surface area contributed by atoms with Crippen LogP contribution in [0, 0.1) is 0 Å². The van der Waals surface area contributed by atoms with Crippen molar-refractivity contribution in [3.63, 3.8) is 0 Å². The molecule has 0 saturated carbocycles. The van der Waals surface area contributed by atoms with Crippen LogP contribution >= 0.6 is 11.8 Å². The summed E-state index contributed by atoms with van der Waals surface area (Å²) in [5.41, 5.74) is 6.06. The third-order valence-electron chi connectivity index (χ3n) is 1.63. The number of rotatable bonds is 4. The Morgan fingerprint density at radius 1 is 1.33 bits per heavy atom. The number of pyridine rings is 1. The number of nitrogens with zero attached hydrogens (tertiary/aromatic N) is 3. The summed E-state index contributed by atoms with van der Waals surface area (Å²) < 4.78 is 5.39. The van der Waals surface area contributed by atoms with Crippen molar-refractivity contribution in [3.05, 3.63) is 24.4 Å². The first kappa shape index (κ1) is 10.1. The smallest absolute Gasteiger partial charge is 0.276 e. The van der Waals surface area contributed by atoms with Crippen LogP contribution in [0.1, 0.15) is 0 Å². The van der Waals surface area contributed by atoms with E-state index in [1.165, 1.54) is 11.8 Å². The van der Waals surface area contributed by atoms with Gasteiger partial charge in [0.05, 0.1) is 0 Å².